The fraction of sp³-hybridized carbons (Fsp3) is 0.500. The third-order valence-electron chi connectivity index (χ3n) is 8.44. The van der Waals surface area contributed by atoms with Crippen LogP contribution >= 0.6 is 0 Å². The first-order chi connectivity index (χ1) is 19.1. The highest BCUT2D eigenvalue weighted by Gasteiger charge is 2.27. The molecule has 0 radical (unpaired) electrons. The first-order valence-electron chi connectivity index (χ1n) is 14.1. The SMILES string of the molecule is N#Cc1ccc2c(c1)CC(CC(=O)CC1CCC(Nc3nccc(Nc4cc(C5CCOC5)[nH]n4)n3)CC1)C2. The minimum atomic E-state index is 0.310. The van der Waals surface area contributed by atoms with Gasteiger partial charge in [0, 0.05) is 49.4 Å². The van der Waals surface area contributed by atoms with Crippen molar-refractivity contribution in [3.8, 4) is 6.07 Å². The minimum Gasteiger partial charge on any atom is -0.381 e. The largest absolute Gasteiger partial charge is 0.381 e. The summed E-state index contributed by atoms with van der Waals surface area (Å²) in [6.07, 6.45) is 10.1. The average Bonchev–Trinajstić information content (AvgIpc) is 3.70. The molecular weight excluding hydrogens is 490 g/mol. The zero-order chi connectivity index (χ0) is 26.6. The molecule has 2 aromatic heterocycles. The van der Waals surface area contributed by atoms with Gasteiger partial charge < -0.3 is 15.4 Å². The number of hydrogen-bond donors (Lipinski definition) is 3. The van der Waals surface area contributed by atoms with Crippen LogP contribution in [-0.2, 0) is 22.4 Å². The smallest absolute Gasteiger partial charge is 0.224 e. The van der Waals surface area contributed by atoms with Crippen LogP contribution in [0.4, 0.5) is 17.6 Å². The zero-order valence-electron chi connectivity index (χ0n) is 22.2. The maximum atomic E-state index is 12.9. The predicted molar refractivity (Wildman–Crippen MR) is 148 cm³/mol. The highest BCUT2D eigenvalue weighted by molar-refractivity contribution is 5.79. The van der Waals surface area contributed by atoms with E-state index in [4.69, 9.17) is 10.00 Å². The number of nitrogens with one attached hydrogen (secondary N) is 3. The van der Waals surface area contributed by atoms with Crippen molar-refractivity contribution in [2.45, 2.75) is 69.7 Å². The molecule has 2 atom stereocenters. The summed E-state index contributed by atoms with van der Waals surface area (Å²) in [5.41, 5.74) is 4.34. The standard InChI is InChI=1S/C30H35N7O2/c31-17-20-1-4-22-12-21(13-24(22)11-20)15-26(38)14-19-2-5-25(6-3-19)33-30-32-9-7-28(35-30)34-29-16-27(36-37-29)23-8-10-39-18-23/h1,4,7,9,11,16,19,21,23,25H,2-3,5-6,8,10,12-15,18H2,(H3,32,33,34,35,36,37). The number of anilines is 3. The molecular formula is C30H35N7O2. The van der Waals surface area contributed by atoms with Crippen molar-refractivity contribution in [3.63, 3.8) is 0 Å². The van der Waals surface area contributed by atoms with Gasteiger partial charge in [0.25, 0.3) is 0 Å². The van der Waals surface area contributed by atoms with Gasteiger partial charge in [0.15, 0.2) is 5.82 Å². The number of rotatable bonds is 9. The molecule has 2 aliphatic carbocycles. The number of H-pyrrole nitrogens is 1. The summed E-state index contributed by atoms with van der Waals surface area (Å²) in [5.74, 6) is 3.64. The number of aromatic nitrogens is 4. The van der Waals surface area contributed by atoms with E-state index in [9.17, 15) is 4.79 Å². The van der Waals surface area contributed by atoms with Crippen LogP contribution in [-0.4, -0.2) is 45.2 Å². The van der Waals surface area contributed by atoms with Crippen molar-refractivity contribution in [2.75, 3.05) is 23.8 Å². The molecule has 9 heteroatoms. The van der Waals surface area contributed by atoms with Gasteiger partial charge in [0.1, 0.15) is 11.6 Å². The van der Waals surface area contributed by atoms with Crippen LogP contribution < -0.4 is 10.6 Å². The number of ether oxygens (including phenoxy) is 1. The number of aromatic amines is 1. The lowest BCUT2D eigenvalue weighted by atomic mass is 9.82. The van der Waals surface area contributed by atoms with E-state index in [1.807, 2.05) is 24.3 Å². The lowest BCUT2D eigenvalue weighted by molar-refractivity contribution is -0.121. The molecule has 1 aliphatic heterocycles. The third-order valence-corrected chi connectivity index (χ3v) is 8.44. The number of carbonyl (C=O) groups excluding carboxylic acids is 1. The number of benzene rings is 1. The summed E-state index contributed by atoms with van der Waals surface area (Å²) in [5, 5.41) is 23.4. The van der Waals surface area contributed by atoms with Crippen LogP contribution in [0.1, 0.15) is 73.2 Å². The van der Waals surface area contributed by atoms with Crippen LogP contribution in [0.15, 0.2) is 36.5 Å². The molecule has 39 heavy (non-hydrogen) atoms. The quantitative estimate of drug-likeness (QED) is 0.354. The minimum absolute atomic E-state index is 0.310. The molecule has 2 fully saturated rings. The number of carbonyl (C=O) groups is 1. The van der Waals surface area contributed by atoms with Crippen molar-refractivity contribution in [3.05, 3.63) is 58.9 Å². The monoisotopic (exact) mass is 525 g/mol. The Morgan fingerprint density at radius 1 is 1.03 bits per heavy atom. The Bertz CT molecular complexity index is 1350. The van der Waals surface area contributed by atoms with Gasteiger partial charge in [-0.05, 0) is 86.1 Å². The second-order valence-electron chi connectivity index (χ2n) is 11.3. The fourth-order valence-electron chi connectivity index (χ4n) is 6.36. The van der Waals surface area contributed by atoms with Gasteiger partial charge in [0.05, 0.1) is 18.2 Å². The van der Waals surface area contributed by atoms with E-state index in [-0.39, 0.29) is 0 Å². The Morgan fingerprint density at radius 2 is 1.87 bits per heavy atom. The fourth-order valence-corrected chi connectivity index (χ4v) is 6.36. The number of hydrogen-bond acceptors (Lipinski definition) is 8. The summed E-state index contributed by atoms with van der Waals surface area (Å²) < 4.78 is 5.47. The summed E-state index contributed by atoms with van der Waals surface area (Å²) in [4.78, 5) is 21.9. The third kappa shape index (κ3) is 6.28. The van der Waals surface area contributed by atoms with Gasteiger partial charge >= 0.3 is 0 Å². The molecule has 1 saturated heterocycles. The number of ketones is 1. The lowest BCUT2D eigenvalue weighted by Crippen LogP contribution is -2.28. The van der Waals surface area contributed by atoms with E-state index >= 15 is 0 Å². The second-order valence-corrected chi connectivity index (χ2v) is 11.3. The van der Waals surface area contributed by atoms with Gasteiger partial charge in [-0.3, -0.25) is 9.89 Å². The van der Waals surface area contributed by atoms with Gasteiger partial charge in [-0.25, -0.2) is 4.98 Å². The molecule has 3 aliphatic rings. The maximum absolute atomic E-state index is 12.9. The van der Waals surface area contributed by atoms with Crippen LogP contribution in [0.3, 0.4) is 0 Å². The van der Waals surface area contributed by atoms with E-state index in [1.54, 1.807) is 6.20 Å². The molecule has 202 valence electrons. The Morgan fingerprint density at radius 3 is 2.69 bits per heavy atom. The van der Waals surface area contributed by atoms with Gasteiger partial charge in [-0.2, -0.15) is 15.3 Å². The Kier molecular flexibility index (Phi) is 7.55. The van der Waals surface area contributed by atoms with E-state index in [0.29, 0.717) is 59.8 Å². The first kappa shape index (κ1) is 25.5. The Balaban J connectivity index is 0.941. The van der Waals surface area contributed by atoms with Crippen molar-refractivity contribution in [1.82, 2.24) is 20.2 Å². The van der Waals surface area contributed by atoms with Crippen molar-refractivity contribution in [2.24, 2.45) is 11.8 Å². The number of nitrogens with zero attached hydrogens (tertiary/aromatic N) is 4. The molecule has 2 unspecified atom stereocenters. The molecule has 1 aromatic carbocycles. The van der Waals surface area contributed by atoms with Crippen molar-refractivity contribution < 1.29 is 9.53 Å². The molecule has 6 rings (SSSR count). The topological polar surface area (TPSA) is 129 Å². The zero-order valence-corrected chi connectivity index (χ0v) is 22.2. The Hall–Kier alpha value is -3.77. The van der Waals surface area contributed by atoms with Crippen molar-refractivity contribution >= 4 is 23.4 Å². The van der Waals surface area contributed by atoms with E-state index in [1.165, 1.54) is 11.1 Å². The maximum Gasteiger partial charge on any atom is 0.224 e. The number of nitriles is 1. The first-order valence-corrected chi connectivity index (χ1v) is 14.1. The van der Waals surface area contributed by atoms with Gasteiger partial charge in [-0.1, -0.05) is 6.07 Å². The molecule has 3 N–H and O–H groups in total. The summed E-state index contributed by atoms with van der Waals surface area (Å²) in [6.45, 7) is 1.53. The normalized spacial score (nSPS) is 24.2. The van der Waals surface area contributed by atoms with Gasteiger partial charge in [-0.15, -0.1) is 0 Å². The van der Waals surface area contributed by atoms with E-state index in [2.05, 4.69) is 42.9 Å². The lowest BCUT2D eigenvalue weighted by Gasteiger charge is -2.29. The highest BCUT2D eigenvalue weighted by atomic mass is 16.5. The summed E-state index contributed by atoms with van der Waals surface area (Å²) >= 11 is 0. The molecule has 0 amide bonds. The summed E-state index contributed by atoms with van der Waals surface area (Å²) in [6, 6.07) is 12.3. The molecule has 0 spiro atoms. The average molecular weight is 526 g/mol. The van der Waals surface area contributed by atoms with Crippen LogP contribution in [0.5, 0.6) is 0 Å². The Labute approximate surface area is 228 Å². The molecule has 1 saturated carbocycles. The number of fused-ring (bicyclic) bond motifs is 1. The van der Waals surface area contributed by atoms with Crippen LogP contribution in [0.25, 0.3) is 0 Å². The molecule has 3 heterocycles. The molecule has 0 bridgehead atoms. The molecule has 3 aromatic rings. The highest BCUT2D eigenvalue weighted by Crippen LogP contribution is 2.33. The molecule has 9 nitrogen and oxygen atoms in total. The van der Waals surface area contributed by atoms with Crippen LogP contribution in [0.2, 0.25) is 0 Å². The van der Waals surface area contributed by atoms with Gasteiger partial charge in [0.2, 0.25) is 5.95 Å². The van der Waals surface area contributed by atoms with Crippen LogP contribution in [0, 0.1) is 23.2 Å². The number of Topliss-reactive ketones (excluding diaryl/α,β-unsaturated/α-hetero) is 1. The van der Waals surface area contributed by atoms with E-state index in [0.717, 1.165) is 69.7 Å². The van der Waals surface area contributed by atoms with E-state index < -0.39 is 0 Å². The summed E-state index contributed by atoms with van der Waals surface area (Å²) in [7, 11) is 0. The second kappa shape index (κ2) is 11.5. The predicted octanol–water partition coefficient (Wildman–Crippen LogP) is 5.05. The van der Waals surface area contributed by atoms with Crippen molar-refractivity contribution in [1.29, 1.82) is 5.26 Å².